The summed E-state index contributed by atoms with van der Waals surface area (Å²) < 4.78 is 4.93. The van der Waals surface area contributed by atoms with Crippen LogP contribution in [-0.2, 0) is 19.1 Å². The Bertz CT molecular complexity index is 1000. The molecule has 1 aliphatic rings. The second-order valence-corrected chi connectivity index (χ2v) is 7.10. The lowest BCUT2D eigenvalue weighted by Crippen LogP contribution is -2.35. The number of carbonyl (C=O) groups excluding carboxylic acids is 3. The molecule has 0 aliphatic carbocycles. The molecule has 1 unspecified atom stereocenters. The monoisotopic (exact) mass is 433 g/mol. The summed E-state index contributed by atoms with van der Waals surface area (Å²) in [5, 5.41) is 11.6. The molecule has 0 saturated carbocycles. The fourth-order valence-corrected chi connectivity index (χ4v) is 3.54. The summed E-state index contributed by atoms with van der Waals surface area (Å²) in [6, 6.07) is 11.7. The maximum Gasteiger partial charge on any atom is 0.325 e. The predicted octanol–water partition coefficient (Wildman–Crippen LogP) is 3.98. The molecule has 1 saturated heterocycles. The third-order valence-electron chi connectivity index (χ3n) is 4.46. The summed E-state index contributed by atoms with van der Waals surface area (Å²) in [5.41, 5.74) is 0.559. The predicted molar refractivity (Wildman–Crippen MR) is 109 cm³/mol. The topological polar surface area (TPSA) is 83.9 Å². The Morgan fingerprint density at radius 2 is 1.76 bits per heavy atom. The highest BCUT2D eigenvalue weighted by molar-refractivity contribution is 6.47. The molecule has 150 valence electrons. The van der Waals surface area contributed by atoms with Crippen LogP contribution in [0.4, 0.5) is 0 Å². The third kappa shape index (κ3) is 4.13. The molecule has 0 spiro atoms. The fraction of sp³-hybridized carbons (Fsp3) is 0.190. The first-order chi connectivity index (χ1) is 13.8. The van der Waals surface area contributed by atoms with Crippen LogP contribution < -0.4 is 0 Å². The molecule has 1 N–H and O–H groups in total. The quantitative estimate of drug-likeness (QED) is 0.333. The number of aliphatic hydroxyl groups excluding tert-OH is 1. The van der Waals surface area contributed by atoms with Gasteiger partial charge in [0.05, 0.1) is 18.2 Å². The minimum atomic E-state index is -1.04. The van der Waals surface area contributed by atoms with Crippen LogP contribution in [0.3, 0.4) is 0 Å². The first-order valence-corrected chi connectivity index (χ1v) is 9.55. The normalized spacial score (nSPS) is 18.2. The van der Waals surface area contributed by atoms with E-state index in [1.165, 1.54) is 12.1 Å². The Balaban J connectivity index is 2.17. The van der Waals surface area contributed by atoms with Crippen molar-refractivity contribution in [3.63, 3.8) is 0 Å². The average molecular weight is 434 g/mol. The Kier molecular flexibility index (Phi) is 6.25. The van der Waals surface area contributed by atoms with Crippen molar-refractivity contribution >= 4 is 46.6 Å². The standard InChI is InChI=1S/C21H17Cl2NO5/c1-2-29-16(25)11-24-18(14-5-3-4-6-15(14)23)17(20(27)21(24)28)19(26)12-7-9-13(22)10-8-12/h3-10,18,26H,2,11H2,1H3/b19-17+. The van der Waals surface area contributed by atoms with Crippen molar-refractivity contribution in [2.45, 2.75) is 13.0 Å². The van der Waals surface area contributed by atoms with E-state index < -0.39 is 30.2 Å². The van der Waals surface area contributed by atoms with Crippen LogP contribution >= 0.6 is 23.2 Å². The van der Waals surface area contributed by atoms with Crippen LogP contribution in [0.15, 0.2) is 54.1 Å². The fourth-order valence-electron chi connectivity index (χ4n) is 3.17. The van der Waals surface area contributed by atoms with Crippen molar-refractivity contribution in [2.24, 2.45) is 0 Å². The molecule has 0 bridgehead atoms. The number of ether oxygens (including phenoxy) is 1. The number of Topliss-reactive ketones (excluding diaryl/α,β-unsaturated/α-hetero) is 1. The van der Waals surface area contributed by atoms with Gasteiger partial charge in [-0.05, 0) is 42.8 Å². The summed E-state index contributed by atoms with van der Waals surface area (Å²) in [7, 11) is 0. The van der Waals surface area contributed by atoms with Crippen LogP contribution in [0.25, 0.3) is 5.76 Å². The van der Waals surface area contributed by atoms with Gasteiger partial charge in [-0.15, -0.1) is 0 Å². The van der Waals surface area contributed by atoms with Gasteiger partial charge < -0.3 is 14.7 Å². The second-order valence-electron chi connectivity index (χ2n) is 6.26. The van der Waals surface area contributed by atoms with E-state index in [-0.39, 0.29) is 23.0 Å². The Labute approximate surface area is 177 Å². The van der Waals surface area contributed by atoms with Gasteiger partial charge in [0.1, 0.15) is 12.3 Å². The van der Waals surface area contributed by atoms with Crippen LogP contribution in [0.2, 0.25) is 10.0 Å². The SMILES string of the molecule is CCOC(=O)CN1C(=O)C(=O)/C(=C(/O)c2ccc(Cl)cc2)C1c1ccccc1Cl. The molecule has 0 radical (unpaired) electrons. The van der Waals surface area contributed by atoms with E-state index in [2.05, 4.69) is 0 Å². The number of ketones is 1. The number of hydrogen-bond donors (Lipinski definition) is 1. The Morgan fingerprint density at radius 3 is 2.38 bits per heavy atom. The first kappa shape index (κ1) is 20.9. The molecular formula is C21H17Cl2NO5. The van der Waals surface area contributed by atoms with E-state index in [0.717, 1.165) is 4.90 Å². The molecule has 2 aromatic carbocycles. The smallest absolute Gasteiger partial charge is 0.325 e. The van der Waals surface area contributed by atoms with Gasteiger partial charge in [0, 0.05) is 15.6 Å². The van der Waals surface area contributed by atoms with Crippen molar-refractivity contribution in [3.05, 3.63) is 75.3 Å². The number of amides is 1. The summed E-state index contributed by atoms with van der Waals surface area (Å²) in [6.07, 6.45) is 0. The molecule has 29 heavy (non-hydrogen) atoms. The zero-order valence-electron chi connectivity index (χ0n) is 15.4. The Morgan fingerprint density at radius 1 is 1.10 bits per heavy atom. The molecule has 3 rings (SSSR count). The van der Waals surface area contributed by atoms with Gasteiger partial charge >= 0.3 is 5.97 Å². The number of rotatable bonds is 5. The van der Waals surface area contributed by atoms with Gasteiger partial charge in [0.25, 0.3) is 11.7 Å². The van der Waals surface area contributed by atoms with Gasteiger partial charge in [0.2, 0.25) is 0 Å². The highest BCUT2D eigenvalue weighted by Gasteiger charge is 2.47. The molecule has 1 atom stereocenters. The number of halogens is 2. The third-order valence-corrected chi connectivity index (χ3v) is 5.06. The van der Waals surface area contributed by atoms with Crippen molar-refractivity contribution in [3.8, 4) is 0 Å². The van der Waals surface area contributed by atoms with Gasteiger partial charge in [-0.2, -0.15) is 0 Å². The summed E-state index contributed by atoms with van der Waals surface area (Å²) in [6.45, 7) is 1.31. The average Bonchev–Trinajstić information content (AvgIpc) is 2.93. The van der Waals surface area contributed by atoms with Crippen LogP contribution in [-0.4, -0.2) is 40.8 Å². The molecule has 2 aromatic rings. The number of nitrogens with zero attached hydrogens (tertiary/aromatic N) is 1. The van der Waals surface area contributed by atoms with E-state index in [9.17, 15) is 19.5 Å². The molecular weight excluding hydrogens is 417 g/mol. The molecule has 1 aliphatic heterocycles. The van der Waals surface area contributed by atoms with E-state index in [4.69, 9.17) is 27.9 Å². The molecule has 6 nitrogen and oxygen atoms in total. The molecule has 8 heteroatoms. The first-order valence-electron chi connectivity index (χ1n) is 8.79. The lowest BCUT2D eigenvalue weighted by molar-refractivity contribution is -0.149. The zero-order valence-corrected chi connectivity index (χ0v) is 16.9. The minimum Gasteiger partial charge on any atom is -0.507 e. The Hall–Kier alpha value is -2.83. The van der Waals surface area contributed by atoms with E-state index >= 15 is 0 Å². The number of hydrogen-bond acceptors (Lipinski definition) is 5. The number of carbonyl (C=O) groups is 3. The van der Waals surface area contributed by atoms with Gasteiger partial charge in [-0.1, -0.05) is 41.4 Å². The molecule has 1 heterocycles. The van der Waals surface area contributed by atoms with E-state index in [1.54, 1.807) is 43.3 Å². The number of esters is 1. The van der Waals surface area contributed by atoms with E-state index in [1.807, 2.05) is 0 Å². The lowest BCUT2D eigenvalue weighted by atomic mass is 9.95. The molecule has 1 amide bonds. The zero-order chi connectivity index (χ0) is 21.1. The number of likely N-dealkylation sites (tertiary alicyclic amines) is 1. The second kappa shape index (κ2) is 8.68. The van der Waals surface area contributed by atoms with Crippen molar-refractivity contribution < 1.29 is 24.2 Å². The van der Waals surface area contributed by atoms with Crippen LogP contribution in [0, 0.1) is 0 Å². The summed E-state index contributed by atoms with van der Waals surface area (Å²) in [4.78, 5) is 38.6. The van der Waals surface area contributed by atoms with E-state index in [0.29, 0.717) is 16.1 Å². The van der Waals surface area contributed by atoms with Gasteiger partial charge in [-0.3, -0.25) is 14.4 Å². The maximum atomic E-state index is 12.8. The van der Waals surface area contributed by atoms with Crippen molar-refractivity contribution in [1.29, 1.82) is 0 Å². The van der Waals surface area contributed by atoms with Crippen molar-refractivity contribution in [1.82, 2.24) is 4.90 Å². The number of aliphatic hydroxyl groups is 1. The molecule has 0 aromatic heterocycles. The highest BCUT2D eigenvalue weighted by Crippen LogP contribution is 2.41. The molecule has 1 fully saturated rings. The number of benzene rings is 2. The highest BCUT2D eigenvalue weighted by atomic mass is 35.5. The largest absolute Gasteiger partial charge is 0.507 e. The minimum absolute atomic E-state index is 0.129. The van der Waals surface area contributed by atoms with Crippen molar-refractivity contribution in [2.75, 3.05) is 13.2 Å². The summed E-state index contributed by atoms with van der Waals surface area (Å²) >= 11 is 12.2. The maximum absolute atomic E-state index is 12.8. The lowest BCUT2D eigenvalue weighted by Gasteiger charge is -2.25. The van der Waals surface area contributed by atoms with Gasteiger partial charge in [-0.25, -0.2) is 0 Å². The van der Waals surface area contributed by atoms with Crippen LogP contribution in [0.1, 0.15) is 24.1 Å². The summed E-state index contributed by atoms with van der Waals surface area (Å²) in [5.74, 6) is -2.88. The van der Waals surface area contributed by atoms with Gasteiger partial charge in [0.15, 0.2) is 0 Å². The van der Waals surface area contributed by atoms with Crippen LogP contribution in [0.5, 0.6) is 0 Å².